The molecule has 2 aromatic rings. The van der Waals surface area contributed by atoms with Crippen LogP contribution in [0.3, 0.4) is 0 Å². The smallest absolute Gasteiger partial charge is 0.241 e. The number of hydrazine groups is 1. The summed E-state index contributed by atoms with van der Waals surface area (Å²) in [5.41, 5.74) is 8.36. The van der Waals surface area contributed by atoms with E-state index >= 15 is 0 Å². The highest BCUT2D eigenvalue weighted by Gasteiger charge is 2.44. The second-order valence-electron chi connectivity index (χ2n) is 8.23. The molecule has 27 heavy (non-hydrogen) atoms. The van der Waals surface area contributed by atoms with Crippen molar-refractivity contribution in [3.63, 3.8) is 0 Å². The Morgan fingerprint density at radius 1 is 1.19 bits per heavy atom. The van der Waals surface area contributed by atoms with Gasteiger partial charge >= 0.3 is 0 Å². The van der Waals surface area contributed by atoms with Crippen LogP contribution in [0.25, 0.3) is 11.1 Å². The van der Waals surface area contributed by atoms with Crippen LogP contribution in [-0.2, 0) is 4.79 Å². The lowest BCUT2D eigenvalue weighted by Gasteiger charge is -2.37. The molecule has 7 nitrogen and oxygen atoms in total. The molecular weight excluding hydrogens is 342 g/mol. The second kappa shape index (κ2) is 6.89. The van der Waals surface area contributed by atoms with Crippen molar-refractivity contribution in [1.82, 2.24) is 25.6 Å². The molecule has 144 valence electrons. The molecule has 4 heterocycles. The summed E-state index contributed by atoms with van der Waals surface area (Å²) in [6.45, 7) is 3.56. The highest BCUT2D eigenvalue weighted by atomic mass is 16.3. The summed E-state index contributed by atoms with van der Waals surface area (Å²) in [5.74, 6) is 1.49. The quantitative estimate of drug-likeness (QED) is 0.832. The highest BCUT2D eigenvalue weighted by molar-refractivity contribution is 5.83. The first-order valence-corrected chi connectivity index (χ1v) is 10.0. The van der Waals surface area contributed by atoms with Gasteiger partial charge in [0.25, 0.3) is 0 Å². The first kappa shape index (κ1) is 17.2. The monoisotopic (exact) mass is 369 g/mol. The van der Waals surface area contributed by atoms with E-state index in [4.69, 9.17) is 4.42 Å². The molecule has 0 spiro atoms. The van der Waals surface area contributed by atoms with Crippen molar-refractivity contribution >= 4 is 17.0 Å². The maximum atomic E-state index is 13.3. The number of nitrogens with zero attached hydrogens (tertiary/aromatic N) is 3. The minimum atomic E-state index is -0.139. The molecule has 3 aliphatic heterocycles. The summed E-state index contributed by atoms with van der Waals surface area (Å²) in [5, 5.41) is 0. The van der Waals surface area contributed by atoms with E-state index < -0.39 is 0 Å². The van der Waals surface area contributed by atoms with Crippen LogP contribution in [0.2, 0.25) is 0 Å². The van der Waals surface area contributed by atoms with Gasteiger partial charge < -0.3 is 14.2 Å². The molecule has 0 radical (unpaired) electrons. The zero-order valence-corrected chi connectivity index (χ0v) is 15.7. The first-order valence-electron chi connectivity index (χ1n) is 10.0. The van der Waals surface area contributed by atoms with Crippen LogP contribution in [-0.4, -0.2) is 66.0 Å². The van der Waals surface area contributed by atoms with Crippen LogP contribution in [0.1, 0.15) is 31.1 Å². The maximum Gasteiger partial charge on any atom is 0.241 e. The number of carbonyl (C=O) groups excluding carboxylic acids is 1. The number of hydrogen-bond acceptors (Lipinski definition) is 6. The van der Waals surface area contributed by atoms with Crippen LogP contribution in [0.15, 0.2) is 28.7 Å². The average Bonchev–Trinajstić information content (AvgIpc) is 3.31. The van der Waals surface area contributed by atoms with Crippen molar-refractivity contribution in [2.24, 2.45) is 5.92 Å². The van der Waals surface area contributed by atoms with Gasteiger partial charge in [0, 0.05) is 31.6 Å². The Morgan fingerprint density at radius 3 is 2.96 bits per heavy atom. The molecule has 1 aromatic carbocycles. The van der Waals surface area contributed by atoms with Crippen molar-refractivity contribution in [2.75, 3.05) is 33.2 Å². The lowest BCUT2D eigenvalue weighted by atomic mass is 9.87. The maximum absolute atomic E-state index is 13.3. The number of rotatable bonds is 2. The lowest BCUT2D eigenvalue weighted by Crippen LogP contribution is -2.52. The van der Waals surface area contributed by atoms with Gasteiger partial charge in [-0.05, 0) is 45.0 Å². The minimum Gasteiger partial charge on any atom is -0.440 e. The molecule has 2 N–H and O–H groups in total. The Balaban J connectivity index is 1.31. The molecule has 1 amide bonds. The molecule has 1 aromatic heterocycles. The van der Waals surface area contributed by atoms with Gasteiger partial charge in [-0.1, -0.05) is 12.1 Å². The molecule has 3 saturated heterocycles. The van der Waals surface area contributed by atoms with Crippen LogP contribution in [0.4, 0.5) is 0 Å². The zero-order valence-electron chi connectivity index (χ0n) is 15.7. The molecule has 7 heteroatoms. The number of amides is 1. The van der Waals surface area contributed by atoms with Gasteiger partial charge in [0.2, 0.25) is 5.91 Å². The van der Waals surface area contributed by atoms with Gasteiger partial charge in [-0.2, -0.15) is 0 Å². The Kier molecular flexibility index (Phi) is 4.38. The fourth-order valence-corrected chi connectivity index (χ4v) is 4.86. The number of benzene rings is 1. The normalized spacial score (nSPS) is 32.0. The number of nitrogens with one attached hydrogen (secondary N) is 2. The van der Waals surface area contributed by atoms with Crippen molar-refractivity contribution in [2.45, 2.75) is 37.3 Å². The average molecular weight is 369 g/mol. The standard InChI is InChI=1S/C20H27N5O2/c1-24-10-8-15-14(12-24)18(23-22-15)20(26)25-9-4-5-13(11-25)19-21-16-6-2-3-7-17(16)27-19/h2-3,6-7,13-15,18,22-23H,4-5,8-12H2,1H3. The molecule has 0 saturated carbocycles. The van der Waals surface area contributed by atoms with Crippen LogP contribution in [0.5, 0.6) is 0 Å². The summed E-state index contributed by atoms with van der Waals surface area (Å²) in [7, 11) is 2.14. The largest absolute Gasteiger partial charge is 0.440 e. The topological polar surface area (TPSA) is 73.6 Å². The van der Waals surface area contributed by atoms with Gasteiger partial charge in [0.1, 0.15) is 11.6 Å². The molecule has 3 fully saturated rings. The molecule has 5 rings (SSSR count). The van der Waals surface area contributed by atoms with E-state index in [0.29, 0.717) is 18.5 Å². The van der Waals surface area contributed by atoms with E-state index in [1.54, 1.807) is 0 Å². The van der Waals surface area contributed by atoms with Gasteiger partial charge in [-0.25, -0.2) is 10.4 Å². The predicted molar refractivity (Wildman–Crippen MR) is 102 cm³/mol. The first-order chi connectivity index (χ1) is 13.2. The predicted octanol–water partition coefficient (Wildman–Crippen LogP) is 1.33. The highest BCUT2D eigenvalue weighted by Crippen LogP contribution is 2.31. The second-order valence-corrected chi connectivity index (χ2v) is 8.23. The fourth-order valence-electron chi connectivity index (χ4n) is 4.86. The SMILES string of the molecule is CN1CCC2NNC(C(=O)N3CCCC(c4nc5ccccc5o4)C3)C2C1. The van der Waals surface area contributed by atoms with Gasteiger partial charge in [0.05, 0.1) is 5.92 Å². The Bertz CT molecular complexity index is 804. The molecule has 0 aliphatic carbocycles. The lowest BCUT2D eigenvalue weighted by molar-refractivity contribution is -0.135. The number of piperidine rings is 2. The van der Waals surface area contributed by atoms with E-state index in [1.165, 1.54) is 0 Å². The molecule has 0 bridgehead atoms. The Labute approximate surface area is 159 Å². The summed E-state index contributed by atoms with van der Waals surface area (Å²) < 4.78 is 5.98. The third-order valence-corrected chi connectivity index (χ3v) is 6.37. The third-order valence-electron chi connectivity index (χ3n) is 6.37. The number of hydrogen-bond donors (Lipinski definition) is 2. The summed E-state index contributed by atoms with van der Waals surface area (Å²) >= 11 is 0. The van der Waals surface area contributed by atoms with E-state index in [1.807, 2.05) is 29.2 Å². The molecule has 3 aliphatic rings. The number of carbonyl (C=O) groups is 1. The summed E-state index contributed by atoms with van der Waals surface area (Å²) in [6, 6.07) is 8.12. The number of aromatic nitrogens is 1. The summed E-state index contributed by atoms with van der Waals surface area (Å²) in [4.78, 5) is 22.3. The molecule has 4 unspecified atom stereocenters. The third kappa shape index (κ3) is 3.13. The molecular formula is C20H27N5O2. The van der Waals surface area contributed by atoms with Crippen LogP contribution < -0.4 is 10.9 Å². The van der Waals surface area contributed by atoms with Crippen LogP contribution >= 0.6 is 0 Å². The number of oxazole rings is 1. The Hall–Kier alpha value is -1.96. The number of likely N-dealkylation sites (tertiary alicyclic amines) is 2. The van der Waals surface area contributed by atoms with E-state index in [0.717, 1.165) is 55.9 Å². The van der Waals surface area contributed by atoms with Crippen molar-refractivity contribution in [3.05, 3.63) is 30.2 Å². The Morgan fingerprint density at radius 2 is 2.07 bits per heavy atom. The zero-order chi connectivity index (χ0) is 18.4. The van der Waals surface area contributed by atoms with Crippen molar-refractivity contribution in [1.29, 1.82) is 0 Å². The van der Waals surface area contributed by atoms with Crippen molar-refractivity contribution < 1.29 is 9.21 Å². The van der Waals surface area contributed by atoms with E-state index in [9.17, 15) is 4.79 Å². The number of para-hydroxylation sites is 2. The van der Waals surface area contributed by atoms with E-state index in [-0.39, 0.29) is 17.9 Å². The van der Waals surface area contributed by atoms with E-state index in [2.05, 4.69) is 27.8 Å². The van der Waals surface area contributed by atoms with Crippen LogP contribution in [0, 0.1) is 5.92 Å². The fraction of sp³-hybridized carbons (Fsp3) is 0.600. The molecule has 4 atom stereocenters. The van der Waals surface area contributed by atoms with Crippen molar-refractivity contribution in [3.8, 4) is 0 Å². The number of fused-ring (bicyclic) bond motifs is 2. The van der Waals surface area contributed by atoms with Gasteiger partial charge in [-0.15, -0.1) is 0 Å². The van der Waals surface area contributed by atoms with Gasteiger partial charge in [-0.3, -0.25) is 10.2 Å². The summed E-state index contributed by atoms with van der Waals surface area (Å²) in [6.07, 6.45) is 3.09. The minimum absolute atomic E-state index is 0.139. The van der Waals surface area contributed by atoms with Gasteiger partial charge in [0.15, 0.2) is 11.5 Å².